The molecule has 1 fully saturated rings. The molecule has 2 heterocycles. The number of oxime groups is 1. The molecule has 0 radical (unpaired) electrons. The topological polar surface area (TPSA) is 166 Å². The number of thioether (sulfide) groups is 1. The van der Waals surface area contributed by atoms with E-state index < -0.39 is 52.7 Å². The molecule has 2 unspecified atom stereocenters. The van der Waals surface area contributed by atoms with Crippen LogP contribution in [0.15, 0.2) is 46.8 Å². The lowest BCUT2D eigenvalue weighted by atomic mass is 10.0. The molecular weight excluding hydrogens is 478 g/mol. The molecule has 2 amide bonds. The van der Waals surface area contributed by atoms with E-state index in [-0.39, 0.29) is 24.7 Å². The van der Waals surface area contributed by atoms with Crippen molar-refractivity contribution in [3.8, 4) is 0 Å². The molecule has 176 valence electrons. The van der Waals surface area contributed by atoms with Crippen LogP contribution in [0.1, 0.15) is 11.7 Å². The van der Waals surface area contributed by atoms with Crippen LogP contribution in [0.3, 0.4) is 0 Å². The van der Waals surface area contributed by atoms with Crippen LogP contribution in [0, 0.1) is 0 Å². The summed E-state index contributed by atoms with van der Waals surface area (Å²) in [5.41, 5.74) is -0.108. The van der Waals surface area contributed by atoms with Crippen molar-refractivity contribution in [1.82, 2.24) is 10.2 Å². The average Bonchev–Trinajstić information content (AvgIpc) is 2.82. The smallest absolute Gasteiger partial charge is 0.352 e. The summed E-state index contributed by atoms with van der Waals surface area (Å²) in [5.74, 6) is -4.45. The van der Waals surface area contributed by atoms with Crippen molar-refractivity contribution in [2.24, 2.45) is 5.16 Å². The van der Waals surface area contributed by atoms with Gasteiger partial charge in [-0.1, -0.05) is 35.5 Å². The highest BCUT2D eigenvalue weighted by atomic mass is 35.5. The predicted octanol–water partition coefficient (Wildman–Crippen LogP) is 0.113. The number of aliphatic hydroxyl groups is 1. The Bertz CT molecular complexity index is 1020. The third-order valence-corrected chi connectivity index (χ3v) is 6.56. The lowest BCUT2D eigenvalue weighted by Gasteiger charge is -2.49. The third-order valence-electron chi connectivity index (χ3n) is 4.97. The molecule has 33 heavy (non-hydrogen) atoms. The van der Waals surface area contributed by atoms with Crippen molar-refractivity contribution < 1.29 is 39.3 Å². The number of carboxylic acid groups (broad SMARTS) is 1. The van der Waals surface area contributed by atoms with Gasteiger partial charge in [0.25, 0.3) is 11.8 Å². The Morgan fingerprint density at radius 3 is 2.61 bits per heavy atom. The first-order chi connectivity index (χ1) is 15.8. The van der Waals surface area contributed by atoms with Gasteiger partial charge in [-0.2, -0.15) is 0 Å². The van der Waals surface area contributed by atoms with Crippen molar-refractivity contribution in [3.05, 3.63) is 47.2 Å². The molecule has 13 heteroatoms. The maximum Gasteiger partial charge on any atom is 0.352 e. The number of aliphatic hydroxyl groups excluding tert-OH is 1. The minimum absolute atomic E-state index is 0.0704. The van der Waals surface area contributed by atoms with E-state index in [1.54, 1.807) is 24.3 Å². The molecule has 0 aliphatic carbocycles. The molecule has 1 aromatic rings. The molecule has 3 atom stereocenters. The average molecular weight is 498 g/mol. The SMILES string of the molecule is O=C(O)C1=C(COCC(O)c2ccccc2)CS[C@H]2C(NC(=O)C(=NO)C(=O)CCl)C(=O)N12. The Morgan fingerprint density at radius 2 is 2.00 bits per heavy atom. The largest absolute Gasteiger partial charge is 0.477 e. The van der Waals surface area contributed by atoms with Gasteiger partial charge in [0.05, 0.1) is 19.1 Å². The molecule has 2 aliphatic rings. The summed E-state index contributed by atoms with van der Waals surface area (Å²) in [4.78, 5) is 49.2. The zero-order valence-corrected chi connectivity index (χ0v) is 18.6. The number of nitrogens with one attached hydrogen (secondary N) is 1. The molecule has 4 N–H and O–H groups in total. The van der Waals surface area contributed by atoms with Crippen LogP contribution in [0.25, 0.3) is 0 Å². The number of ether oxygens (including phenoxy) is 1. The van der Waals surface area contributed by atoms with E-state index in [4.69, 9.17) is 21.5 Å². The zero-order chi connectivity index (χ0) is 24.1. The highest BCUT2D eigenvalue weighted by molar-refractivity contribution is 8.00. The number of hydrogen-bond donors (Lipinski definition) is 4. The number of β-lactam (4-membered cyclic amide) rings is 1. The van der Waals surface area contributed by atoms with Crippen LogP contribution in [0.2, 0.25) is 0 Å². The quantitative estimate of drug-likeness (QED) is 0.0876. The summed E-state index contributed by atoms with van der Waals surface area (Å²) in [7, 11) is 0. The van der Waals surface area contributed by atoms with Crippen molar-refractivity contribution >= 4 is 52.6 Å². The molecule has 11 nitrogen and oxygen atoms in total. The standard InChI is InChI=1S/C20H20ClN3O8S/c21-6-12(25)14(23-31)17(27)22-15-18(28)24-16(20(29)30)11(9-33-19(15)24)7-32-8-13(26)10-4-2-1-3-5-10/h1-5,13,15,19,26,31H,6-9H2,(H,22,27)(H,29,30)/t13?,15?,19-/m0/s1. The second-order valence-electron chi connectivity index (χ2n) is 7.07. The first-order valence-corrected chi connectivity index (χ1v) is 11.2. The van der Waals surface area contributed by atoms with E-state index >= 15 is 0 Å². The summed E-state index contributed by atoms with van der Waals surface area (Å²) in [6.45, 7) is -0.184. The number of nitrogens with zero attached hydrogens (tertiary/aromatic N) is 2. The van der Waals surface area contributed by atoms with E-state index in [9.17, 15) is 29.4 Å². The number of carboxylic acids is 1. The Hall–Kier alpha value is -2.93. The van der Waals surface area contributed by atoms with Gasteiger partial charge in [-0.05, 0) is 11.1 Å². The molecule has 0 saturated carbocycles. The molecule has 3 rings (SSSR count). The van der Waals surface area contributed by atoms with Gasteiger partial charge in [0.15, 0.2) is 0 Å². The van der Waals surface area contributed by atoms with Crippen LogP contribution >= 0.6 is 23.4 Å². The highest BCUT2D eigenvalue weighted by Crippen LogP contribution is 2.40. The molecule has 0 bridgehead atoms. The predicted molar refractivity (Wildman–Crippen MR) is 117 cm³/mol. The Morgan fingerprint density at radius 1 is 1.30 bits per heavy atom. The first kappa shape index (κ1) is 24.7. The van der Waals surface area contributed by atoms with Crippen molar-refractivity contribution in [3.63, 3.8) is 0 Å². The summed E-state index contributed by atoms with van der Waals surface area (Å²) >= 11 is 6.56. The Labute approximate surface area is 197 Å². The summed E-state index contributed by atoms with van der Waals surface area (Å²) in [6, 6.07) is 7.71. The van der Waals surface area contributed by atoms with E-state index in [0.717, 1.165) is 4.90 Å². The van der Waals surface area contributed by atoms with Crippen LogP contribution in [0.4, 0.5) is 0 Å². The number of benzene rings is 1. The number of ketones is 1. The zero-order valence-electron chi connectivity index (χ0n) is 17.0. The number of carbonyl (C=O) groups is 4. The van der Waals surface area contributed by atoms with Gasteiger partial charge in [0.2, 0.25) is 11.5 Å². The lowest BCUT2D eigenvalue weighted by Crippen LogP contribution is -2.71. The number of amides is 2. The molecule has 0 spiro atoms. The number of Topliss-reactive ketones (excluding diaryl/α,β-unsaturated/α-hetero) is 1. The highest BCUT2D eigenvalue weighted by Gasteiger charge is 2.54. The maximum absolute atomic E-state index is 12.6. The molecule has 0 aromatic heterocycles. The number of carbonyl (C=O) groups excluding carboxylic acids is 3. The first-order valence-electron chi connectivity index (χ1n) is 9.63. The molecule has 2 aliphatic heterocycles. The fourth-order valence-electron chi connectivity index (χ4n) is 3.36. The van der Waals surface area contributed by atoms with Gasteiger partial charge < -0.3 is 25.5 Å². The van der Waals surface area contributed by atoms with Crippen molar-refractivity contribution in [2.45, 2.75) is 17.5 Å². The number of hydrogen-bond acceptors (Lipinski definition) is 9. The van der Waals surface area contributed by atoms with Crippen molar-refractivity contribution in [2.75, 3.05) is 24.8 Å². The van der Waals surface area contributed by atoms with Crippen LogP contribution in [-0.4, -0.2) is 85.9 Å². The number of alkyl halides is 1. The Balaban J connectivity index is 1.66. The number of fused-ring (bicyclic) bond motifs is 1. The van der Waals surface area contributed by atoms with E-state index in [2.05, 4.69) is 10.5 Å². The fraction of sp³-hybridized carbons (Fsp3) is 0.350. The van der Waals surface area contributed by atoms with Gasteiger partial charge in [-0.3, -0.25) is 19.3 Å². The summed E-state index contributed by atoms with van der Waals surface area (Å²) in [6.07, 6.45) is -0.896. The van der Waals surface area contributed by atoms with Gasteiger partial charge >= 0.3 is 5.97 Å². The maximum atomic E-state index is 12.6. The van der Waals surface area contributed by atoms with Crippen LogP contribution < -0.4 is 5.32 Å². The van der Waals surface area contributed by atoms with E-state index in [0.29, 0.717) is 11.1 Å². The fourth-order valence-corrected chi connectivity index (χ4v) is 4.81. The van der Waals surface area contributed by atoms with Gasteiger partial charge in [0, 0.05) is 5.75 Å². The summed E-state index contributed by atoms with van der Waals surface area (Å²) < 4.78 is 5.50. The summed E-state index contributed by atoms with van der Waals surface area (Å²) in [5, 5.41) is 32.9. The van der Waals surface area contributed by atoms with Gasteiger partial charge in [-0.25, -0.2) is 4.79 Å². The second-order valence-corrected chi connectivity index (χ2v) is 8.44. The number of rotatable bonds is 10. The Kier molecular flexibility index (Phi) is 8.08. The second kappa shape index (κ2) is 10.8. The third kappa shape index (κ3) is 5.19. The van der Waals surface area contributed by atoms with Gasteiger partial charge in [0.1, 0.15) is 23.2 Å². The minimum Gasteiger partial charge on any atom is -0.477 e. The molecule has 1 aromatic carbocycles. The minimum atomic E-state index is -1.34. The monoisotopic (exact) mass is 497 g/mol. The van der Waals surface area contributed by atoms with E-state index in [1.807, 2.05) is 6.07 Å². The van der Waals surface area contributed by atoms with Gasteiger partial charge in [-0.15, -0.1) is 23.4 Å². The number of aliphatic carboxylic acids is 1. The normalized spacial score (nSPS) is 21.2. The lowest BCUT2D eigenvalue weighted by molar-refractivity contribution is -0.150. The van der Waals surface area contributed by atoms with Crippen LogP contribution in [-0.2, 0) is 23.9 Å². The van der Waals surface area contributed by atoms with E-state index in [1.165, 1.54) is 11.8 Å². The van der Waals surface area contributed by atoms with Crippen LogP contribution in [0.5, 0.6) is 0 Å². The molecule has 1 saturated heterocycles. The van der Waals surface area contributed by atoms with Crippen molar-refractivity contribution in [1.29, 1.82) is 0 Å². The molecular formula is C20H20ClN3O8S. The number of halogens is 1.